The highest BCUT2D eigenvalue weighted by atomic mass is 32.2. The third-order valence-corrected chi connectivity index (χ3v) is 20.4. The number of amides is 17. The number of aliphatic hydroxyl groups is 2. The van der Waals surface area contributed by atoms with Gasteiger partial charge in [0, 0.05) is 44.9 Å². The minimum Gasteiger partial charge on any atom is -0.508 e. The Bertz CT molecular complexity index is 4170. The van der Waals surface area contributed by atoms with E-state index in [1.165, 1.54) is 65.8 Å². The zero-order chi connectivity index (χ0) is 91.4. The van der Waals surface area contributed by atoms with Crippen LogP contribution in [0, 0.1) is 17.8 Å². The molecule has 3 aromatic rings. The maximum Gasteiger partial charge on any atom is 0.326 e. The van der Waals surface area contributed by atoms with Crippen molar-refractivity contribution in [2.45, 2.75) is 217 Å². The average Bonchev–Trinajstić information content (AvgIpc) is 1.57. The molecule has 1 saturated heterocycles. The number of carbonyl (C=O) groups excluding carboxylic acids is 17. The van der Waals surface area contributed by atoms with Gasteiger partial charge in [-0.2, -0.15) is 0 Å². The van der Waals surface area contributed by atoms with E-state index in [1.807, 2.05) is 0 Å². The van der Waals surface area contributed by atoms with Gasteiger partial charge in [-0.15, -0.1) is 11.8 Å². The topological polar surface area (TPSA) is 675 Å². The van der Waals surface area contributed by atoms with E-state index in [0.29, 0.717) is 11.1 Å². The number of rotatable bonds is 51. The fraction of sp³-hybridized carbons (Fsp3) is 0.532. The lowest BCUT2D eigenvalue weighted by Crippen LogP contribution is -2.63. The van der Waals surface area contributed by atoms with E-state index in [-0.39, 0.29) is 67.5 Å². The summed E-state index contributed by atoms with van der Waals surface area (Å²) in [6.45, 7) is 10.9. The third kappa shape index (κ3) is 34.4. The summed E-state index contributed by atoms with van der Waals surface area (Å²) < 4.78 is 0. The number of phenols is 1. The van der Waals surface area contributed by atoms with Gasteiger partial charge in [0.25, 0.3) is 0 Å². The maximum absolute atomic E-state index is 14.7. The van der Waals surface area contributed by atoms with Crippen molar-refractivity contribution >= 4 is 124 Å². The van der Waals surface area contributed by atoms with E-state index < -0.39 is 260 Å². The normalized spacial score (nSPS) is 16.0. The molecule has 17 amide bonds. The Labute approximate surface area is 707 Å². The van der Waals surface area contributed by atoms with E-state index in [9.17, 15) is 117 Å². The Hall–Kier alpha value is -12.4. The van der Waals surface area contributed by atoms with Crippen LogP contribution in [0.5, 0.6) is 5.75 Å². The fourth-order valence-corrected chi connectivity index (χ4v) is 13.2. The summed E-state index contributed by atoms with van der Waals surface area (Å²) in [5.74, 6) is -22.1. The number of carboxylic acids is 2. The van der Waals surface area contributed by atoms with Crippen molar-refractivity contribution in [2.24, 2.45) is 35.0 Å². The molecule has 1 aliphatic rings. The van der Waals surface area contributed by atoms with Crippen LogP contribution in [-0.2, 0) is 110 Å². The molecule has 0 saturated carbocycles. The SMILES string of the molecule is CCC(C)C(NC(=O)C(NC(=O)C(Cc1ccccc1)NC(=O)C(CCC(=O)O)NC(=O)C1CCCN1C(=O)C(CC(N)=O)NC(=O)C(NC(=O)C(Cc1ccc(O)cc1)NC(=O)C(CO)NC(=O)C(Cc1ccccc1)NC(=O)CNC(=O)C(C)NC(=O)C(N)CSCNC(C)=O)C(C)O)C(C)C)C(=O)NC(CC(N)=O)C(=O)NC(C(=O)O)C(C)C. The van der Waals surface area contributed by atoms with Crippen LogP contribution in [0.4, 0.5) is 0 Å². The molecule has 670 valence electrons. The number of likely N-dealkylation sites (tertiary alicyclic amines) is 1. The van der Waals surface area contributed by atoms with Crippen molar-refractivity contribution in [3.63, 3.8) is 0 Å². The molecule has 3 aromatic carbocycles. The highest BCUT2D eigenvalue weighted by Gasteiger charge is 2.43. The van der Waals surface area contributed by atoms with Crippen LogP contribution in [0.2, 0.25) is 0 Å². The number of primary amides is 2. The van der Waals surface area contributed by atoms with Crippen LogP contribution in [0.25, 0.3) is 0 Å². The first-order chi connectivity index (χ1) is 57.4. The van der Waals surface area contributed by atoms with Crippen molar-refractivity contribution in [3.05, 3.63) is 102 Å². The molecule has 43 heteroatoms. The number of carbonyl (C=O) groups is 19. The predicted molar refractivity (Wildman–Crippen MR) is 438 cm³/mol. The smallest absolute Gasteiger partial charge is 0.326 e. The van der Waals surface area contributed by atoms with E-state index >= 15 is 0 Å². The van der Waals surface area contributed by atoms with Gasteiger partial charge in [0.1, 0.15) is 84.3 Å². The first-order valence-electron chi connectivity index (χ1n) is 39.4. The number of phenolic OH excluding ortho intramolecular Hbond substituents is 1. The fourth-order valence-electron chi connectivity index (χ4n) is 12.4. The van der Waals surface area contributed by atoms with Gasteiger partial charge in [0.15, 0.2) is 0 Å². The molecule has 0 aliphatic carbocycles. The summed E-state index contributed by atoms with van der Waals surface area (Å²) >= 11 is 1.15. The van der Waals surface area contributed by atoms with Crippen molar-refractivity contribution in [1.82, 2.24) is 79.3 Å². The summed E-state index contributed by atoms with van der Waals surface area (Å²) in [6, 6.07) is -1.23. The molecule has 0 spiro atoms. The van der Waals surface area contributed by atoms with Crippen molar-refractivity contribution in [3.8, 4) is 5.75 Å². The monoisotopic (exact) mass is 1730 g/mol. The molecule has 4 rings (SSSR count). The van der Waals surface area contributed by atoms with Crippen molar-refractivity contribution in [1.29, 1.82) is 0 Å². The summed E-state index contributed by atoms with van der Waals surface area (Å²) in [7, 11) is 0. The van der Waals surface area contributed by atoms with Gasteiger partial charge in [-0.3, -0.25) is 86.3 Å². The van der Waals surface area contributed by atoms with Crippen LogP contribution >= 0.6 is 11.8 Å². The Morgan fingerprint density at radius 2 is 0.934 bits per heavy atom. The number of nitrogens with two attached hydrogens (primary N) is 3. The molecule has 16 atom stereocenters. The molecule has 0 radical (unpaired) electrons. The van der Waals surface area contributed by atoms with E-state index in [2.05, 4.69) is 74.4 Å². The number of nitrogens with one attached hydrogen (secondary N) is 14. The van der Waals surface area contributed by atoms with Gasteiger partial charge in [-0.05, 0) is 79.7 Å². The number of aliphatic carboxylic acids is 2. The number of hydrogen-bond donors (Lipinski definition) is 22. The van der Waals surface area contributed by atoms with Crippen molar-refractivity contribution in [2.75, 3.05) is 31.3 Å². The van der Waals surface area contributed by atoms with Gasteiger partial charge in [-0.1, -0.05) is 121 Å². The number of carboxylic acid groups (broad SMARTS) is 2. The lowest BCUT2D eigenvalue weighted by molar-refractivity contribution is -0.144. The zero-order valence-corrected chi connectivity index (χ0v) is 70.0. The third-order valence-electron chi connectivity index (χ3n) is 19.4. The number of hydrogen-bond acceptors (Lipinski definition) is 24. The Balaban J connectivity index is 1.57. The van der Waals surface area contributed by atoms with Gasteiger partial charge in [0.05, 0.1) is 44.0 Å². The highest BCUT2D eigenvalue weighted by Crippen LogP contribution is 2.22. The lowest BCUT2D eigenvalue weighted by atomic mass is 9.95. The molecule has 0 aromatic heterocycles. The zero-order valence-electron chi connectivity index (χ0n) is 69.2. The van der Waals surface area contributed by atoms with Gasteiger partial charge < -0.3 is 122 Å². The van der Waals surface area contributed by atoms with Crippen LogP contribution in [0.3, 0.4) is 0 Å². The molecular weight excluding hydrogens is 1620 g/mol. The summed E-state index contributed by atoms with van der Waals surface area (Å²) in [6.07, 6.45) is -5.85. The average molecular weight is 1730 g/mol. The first-order valence-corrected chi connectivity index (χ1v) is 40.6. The molecule has 1 heterocycles. The second-order valence-corrected chi connectivity index (χ2v) is 31.1. The van der Waals surface area contributed by atoms with Crippen LogP contribution in [0.1, 0.15) is 124 Å². The Morgan fingerprint density at radius 3 is 1.43 bits per heavy atom. The highest BCUT2D eigenvalue weighted by molar-refractivity contribution is 7.99. The predicted octanol–water partition coefficient (Wildman–Crippen LogP) is -6.05. The molecule has 1 aliphatic heterocycles. The number of nitrogens with zero attached hydrogens (tertiary/aromatic N) is 1. The molecule has 0 bridgehead atoms. The second kappa shape index (κ2) is 50.6. The minimum absolute atomic E-state index is 0.0690. The van der Waals surface area contributed by atoms with E-state index in [4.69, 9.17) is 17.2 Å². The summed E-state index contributed by atoms with van der Waals surface area (Å²) in [5, 5.41) is 85.5. The minimum atomic E-state index is -2.07. The molecule has 25 N–H and O–H groups in total. The van der Waals surface area contributed by atoms with E-state index in [0.717, 1.165) is 23.6 Å². The number of aliphatic hydroxyl groups excluding tert-OH is 2. The van der Waals surface area contributed by atoms with Crippen molar-refractivity contribution < 1.29 is 117 Å². The number of benzene rings is 3. The Morgan fingerprint density at radius 1 is 0.492 bits per heavy atom. The molecule has 42 nitrogen and oxygen atoms in total. The maximum atomic E-state index is 14.7. The Kier molecular flexibility index (Phi) is 42.3. The lowest BCUT2D eigenvalue weighted by Gasteiger charge is -2.31. The number of thioether (sulfide) groups is 1. The quantitative estimate of drug-likeness (QED) is 0.0185. The second-order valence-electron chi connectivity index (χ2n) is 30.1. The van der Waals surface area contributed by atoms with Gasteiger partial charge in [0.2, 0.25) is 100 Å². The number of aromatic hydroxyl groups is 1. The molecular formula is C79H114N18O24S. The summed E-state index contributed by atoms with van der Waals surface area (Å²) in [5.41, 5.74) is 18.1. The van der Waals surface area contributed by atoms with Crippen LogP contribution in [0.15, 0.2) is 84.9 Å². The van der Waals surface area contributed by atoms with Gasteiger partial charge in [-0.25, -0.2) is 4.79 Å². The molecule has 122 heavy (non-hydrogen) atoms. The molecule has 1 fully saturated rings. The standard InChI is InChI=1S/C79H114N18O24S/c1-10-41(6)64(76(117)90-54(33-58(81)102)72(113)94-63(40(4)5)79(120)121)95-75(116)62(39(2)3)93-70(111)52(31-46-20-15-12-16-21-46)88-68(109)50(27-28-61(105)106)87-74(115)57-22-17-29-97(57)78(119)55(34-59(82)103)91-77(118)65(43(8)99)96-71(112)53(32-47-23-25-48(101)26-24-47)89-73(114)56(36-98)92-69(110)51(30-45-18-13-11-14-19-45)86-60(104)35-83-66(107)42(7)85-67(108)49(80)37-122-38-84-44(9)100/h11-16,18-21,23-26,39-43,49-57,62-65,98-99,101H,10,17,22,27-38,80H2,1-9H3,(H2,81,102)(H2,82,103)(H,83,107)(H,84,100)(H,85,108)(H,86,104)(H,87,115)(H,88,109)(H,89,114)(H,90,117)(H,91,118)(H,92,110)(H,93,111)(H,94,113)(H,95,116)(H,96,112)(H,105,106)(H,120,121). The van der Waals surface area contributed by atoms with Gasteiger partial charge >= 0.3 is 11.9 Å². The van der Waals surface area contributed by atoms with Crippen LogP contribution < -0.4 is 91.6 Å². The van der Waals surface area contributed by atoms with Crippen LogP contribution in [-0.4, -0.2) is 265 Å². The summed E-state index contributed by atoms with van der Waals surface area (Å²) in [4.78, 5) is 258. The first kappa shape index (κ1) is 102. The van der Waals surface area contributed by atoms with E-state index in [1.54, 1.807) is 74.5 Å². The molecule has 16 unspecified atom stereocenters. The largest absolute Gasteiger partial charge is 0.508 e.